The Balaban J connectivity index is 2.99. The second-order valence-corrected chi connectivity index (χ2v) is 4.73. The van der Waals surface area contributed by atoms with E-state index in [4.69, 9.17) is 11.5 Å². The van der Waals surface area contributed by atoms with E-state index >= 15 is 0 Å². The Labute approximate surface area is 89.4 Å². The number of unbranched alkanes of at least 4 members (excludes halogenated alkanes) is 7. The number of rotatable bonds is 9. The fraction of sp³-hybridized carbons (Fsp3) is 1.00. The van der Waals surface area contributed by atoms with E-state index in [1.54, 1.807) is 0 Å². The van der Waals surface area contributed by atoms with E-state index < -0.39 is 5.66 Å². The Morgan fingerprint density at radius 2 is 1.21 bits per heavy atom. The molecule has 0 aromatic heterocycles. The molecule has 2 heteroatoms. The zero-order valence-electron chi connectivity index (χ0n) is 10.0. The fourth-order valence-corrected chi connectivity index (χ4v) is 1.64. The van der Waals surface area contributed by atoms with Crippen LogP contribution in [0.4, 0.5) is 0 Å². The summed E-state index contributed by atoms with van der Waals surface area (Å²) in [5.74, 6) is 0. The SMILES string of the molecule is CCCCCCCCCCC(C)(N)N. The fourth-order valence-electron chi connectivity index (χ4n) is 1.64. The third-order valence-corrected chi connectivity index (χ3v) is 2.57. The van der Waals surface area contributed by atoms with Crippen LogP contribution in [0.1, 0.15) is 71.6 Å². The van der Waals surface area contributed by atoms with E-state index in [1.165, 1.54) is 51.4 Å². The van der Waals surface area contributed by atoms with Crippen molar-refractivity contribution in [2.45, 2.75) is 77.3 Å². The quantitative estimate of drug-likeness (QED) is 0.444. The minimum atomic E-state index is -0.456. The van der Waals surface area contributed by atoms with Crippen LogP contribution < -0.4 is 11.5 Å². The van der Waals surface area contributed by atoms with Gasteiger partial charge in [0.15, 0.2) is 0 Å². The Hall–Kier alpha value is -0.0800. The first-order chi connectivity index (χ1) is 6.56. The molecule has 0 amide bonds. The highest BCUT2D eigenvalue weighted by Crippen LogP contribution is 2.11. The second kappa shape index (κ2) is 8.25. The first-order valence-corrected chi connectivity index (χ1v) is 6.14. The molecule has 4 N–H and O–H groups in total. The molecule has 0 rings (SSSR count). The third-order valence-electron chi connectivity index (χ3n) is 2.57. The minimum absolute atomic E-state index is 0.456. The van der Waals surface area contributed by atoms with E-state index in [0.717, 1.165) is 6.42 Å². The van der Waals surface area contributed by atoms with Crippen LogP contribution in [-0.4, -0.2) is 5.66 Å². The van der Waals surface area contributed by atoms with Crippen molar-refractivity contribution in [2.24, 2.45) is 11.5 Å². The normalized spacial score (nSPS) is 12.0. The topological polar surface area (TPSA) is 52.0 Å². The van der Waals surface area contributed by atoms with Crippen LogP contribution >= 0.6 is 0 Å². The lowest BCUT2D eigenvalue weighted by atomic mass is 10.0. The van der Waals surface area contributed by atoms with E-state index in [2.05, 4.69) is 6.92 Å². The molecule has 0 bridgehead atoms. The molecule has 0 aromatic rings. The average molecular weight is 200 g/mol. The highest BCUT2D eigenvalue weighted by molar-refractivity contribution is 4.68. The molecule has 0 atom stereocenters. The molecule has 14 heavy (non-hydrogen) atoms. The number of hydrogen-bond donors (Lipinski definition) is 2. The summed E-state index contributed by atoms with van der Waals surface area (Å²) in [6, 6.07) is 0. The van der Waals surface area contributed by atoms with Crippen LogP contribution in [0.2, 0.25) is 0 Å². The van der Waals surface area contributed by atoms with Crippen molar-refractivity contribution in [2.75, 3.05) is 0 Å². The van der Waals surface area contributed by atoms with Gasteiger partial charge in [0.25, 0.3) is 0 Å². The summed E-state index contributed by atoms with van der Waals surface area (Å²) >= 11 is 0. The summed E-state index contributed by atoms with van der Waals surface area (Å²) in [5.41, 5.74) is 10.9. The van der Waals surface area contributed by atoms with Gasteiger partial charge in [-0.25, -0.2) is 0 Å². The Morgan fingerprint density at radius 1 is 0.786 bits per heavy atom. The van der Waals surface area contributed by atoms with E-state index in [9.17, 15) is 0 Å². The first-order valence-electron chi connectivity index (χ1n) is 6.14. The van der Waals surface area contributed by atoms with Crippen molar-refractivity contribution >= 4 is 0 Å². The molecule has 2 nitrogen and oxygen atoms in total. The zero-order valence-corrected chi connectivity index (χ0v) is 10.0. The van der Waals surface area contributed by atoms with Gasteiger partial charge in [-0.1, -0.05) is 58.3 Å². The van der Waals surface area contributed by atoms with Crippen LogP contribution in [-0.2, 0) is 0 Å². The van der Waals surface area contributed by atoms with Crippen LogP contribution in [0.15, 0.2) is 0 Å². The lowest BCUT2D eigenvalue weighted by Crippen LogP contribution is -2.45. The van der Waals surface area contributed by atoms with Crippen molar-refractivity contribution in [3.8, 4) is 0 Å². The van der Waals surface area contributed by atoms with Gasteiger partial charge >= 0.3 is 0 Å². The molecule has 0 fully saturated rings. The maximum Gasteiger partial charge on any atom is 0.0607 e. The first kappa shape index (κ1) is 13.9. The van der Waals surface area contributed by atoms with Crippen LogP contribution in [0.5, 0.6) is 0 Å². The van der Waals surface area contributed by atoms with Gasteiger partial charge in [-0.05, 0) is 13.3 Å². The maximum atomic E-state index is 5.69. The van der Waals surface area contributed by atoms with E-state index in [1.807, 2.05) is 6.92 Å². The van der Waals surface area contributed by atoms with Crippen molar-refractivity contribution in [1.29, 1.82) is 0 Å². The van der Waals surface area contributed by atoms with E-state index in [0.29, 0.717) is 0 Å². The predicted octanol–water partition coefficient (Wildman–Crippen LogP) is 3.15. The van der Waals surface area contributed by atoms with Gasteiger partial charge in [0.1, 0.15) is 0 Å². The Morgan fingerprint density at radius 3 is 1.64 bits per heavy atom. The van der Waals surface area contributed by atoms with Gasteiger partial charge in [-0.15, -0.1) is 0 Å². The zero-order chi connectivity index (χ0) is 10.9. The lowest BCUT2D eigenvalue weighted by Gasteiger charge is -2.17. The molecule has 0 aromatic carbocycles. The highest BCUT2D eigenvalue weighted by atomic mass is 14.9. The monoisotopic (exact) mass is 200 g/mol. The van der Waals surface area contributed by atoms with Gasteiger partial charge in [0.2, 0.25) is 0 Å². The summed E-state index contributed by atoms with van der Waals surface area (Å²) in [7, 11) is 0. The molecule has 86 valence electrons. The van der Waals surface area contributed by atoms with Gasteiger partial charge in [-0.3, -0.25) is 0 Å². The molecule has 0 aliphatic carbocycles. The van der Waals surface area contributed by atoms with Crippen LogP contribution in [0.25, 0.3) is 0 Å². The standard InChI is InChI=1S/C12H28N2/c1-3-4-5-6-7-8-9-10-11-12(2,13)14/h3-11,13-14H2,1-2H3. The molecule has 0 aliphatic rings. The third kappa shape index (κ3) is 11.9. The average Bonchev–Trinajstić information content (AvgIpc) is 2.08. The van der Waals surface area contributed by atoms with Gasteiger partial charge in [0.05, 0.1) is 5.66 Å². The van der Waals surface area contributed by atoms with Crippen molar-refractivity contribution < 1.29 is 0 Å². The van der Waals surface area contributed by atoms with Crippen molar-refractivity contribution in [3.63, 3.8) is 0 Å². The molecule has 0 heterocycles. The lowest BCUT2D eigenvalue weighted by molar-refractivity contribution is 0.420. The van der Waals surface area contributed by atoms with Gasteiger partial charge in [0, 0.05) is 0 Å². The highest BCUT2D eigenvalue weighted by Gasteiger charge is 2.09. The van der Waals surface area contributed by atoms with E-state index in [-0.39, 0.29) is 0 Å². The molecular weight excluding hydrogens is 172 g/mol. The second-order valence-electron chi connectivity index (χ2n) is 4.73. The molecule has 0 radical (unpaired) electrons. The molecule has 0 spiro atoms. The smallest absolute Gasteiger partial charge is 0.0607 e. The summed E-state index contributed by atoms with van der Waals surface area (Å²) in [6.07, 6.45) is 11.7. The summed E-state index contributed by atoms with van der Waals surface area (Å²) in [6.45, 7) is 4.15. The van der Waals surface area contributed by atoms with Crippen molar-refractivity contribution in [1.82, 2.24) is 0 Å². The van der Waals surface area contributed by atoms with Gasteiger partial charge < -0.3 is 11.5 Å². The molecule has 0 saturated carbocycles. The van der Waals surface area contributed by atoms with Gasteiger partial charge in [-0.2, -0.15) is 0 Å². The Bertz CT molecular complexity index is 116. The molecule has 0 unspecified atom stereocenters. The molecule has 0 aliphatic heterocycles. The Kier molecular flexibility index (Phi) is 8.20. The number of hydrogen-bond acceptors (Lipinski definition) is 2. The van der Waals surface area contributed by atoms with Crippen molar-refractivity contribution in [3.05, 3.63) is 0 Å². The number of nitrogens with two attached hydrogens (primary N) is 2. The van der Waals surface area contributed by atoms with Crippen LogP contribution in [0, 0.1) is 0 Å². The minimum Gasteiger partial charge on any atom is -0.314 e. The molecule has 0 saturated heterocycles. The van der Waals surface area contributed by atoms with Crippen LogP contribution in [0.3, 0.4) is 0 Å². The summed E-state index contributed by atoms with van der Waals surface area (Å²) in [5, 5.41) is 0. The predicted molar refractivity (Wildman–Crippen MR) is 64.0 cm³/mol. The maximum absolute atomic E-state index is 5.69. The summed E-state index contributed by atoms with van der Waals surface area (Å²) < 4.78 is 0. The summed E-state index contributed by atoms with van der Waals surface area (Å²) in [4.78, 5) is 0. The largest absolute Gasteiger partial charge is 0.314 e. The molecular formula is C12H28N2.